The van der Waals surface area contributed by atoms with E-state index in [1.807, 2.05) is 12.1 Å². The Hall–Kier alpha value is -0.970. The summed E-state index contributed by atoms with van der Waals surface area (Å²) in [6.45, 7) is 3.08. The third-order valence-electron chi connectivity index (χ3n) is 4.22. The fourth-order valence-electron chi connectivity index (χ4n) is 3.13. The van der Waals surface area contributed by atoms with Gasteiger partial charge in [-0.1, -0.05) is 18.5 Å². The number of halogens is 1. The molecule has 1 aromatic carbocycles. The summed E-state index contributed by atoms with van der Waals surface area (Å²) >= 11 is 6.24. The number of hydrogen-bond acceptors (Lipinski definition) is 4. The number of hydrogen-bond donors (Lipinski definition) is 2. The van der Waals surface area contributed by atoms with Crippen LogP contribution >= 0.6 is 11.6 Å². The number of nitrogens with one attached hydrogen (secondary N) is 1. The van der Waals surface area contributed by atoms with Gasteiger partial charge in [0.2, 0.25) is 6.79 Å². The molecular weight excluding hydrogens is 276 g/mol. The molecule has 1 aliphatic heterocycles. The van der Waals surface area contributed by atoms with E-state index in [1.165, 1.54) is 19.3 Å². The summed E-state index contributed by atoms with van der Waals surface area (Å²) in [4.78, 5) is 0. The number of nitrogens with two attached hydrogens (primary N) is 1. The average molecular weight is 297 g/mol. The Morgan fingerprint density at radius 1 is 1.40 bits per heavy atom. The molecule has 20 heavy (non-hydrogen) atoms. The normalized spacial score (nSPS) is 25.9. The highest BCUT2D eigenvalue weighted by Gasteiger charge is 2.26. The second-order valence-corrected chi connectivity index (χ2v) is 6.21. The highest BCUT2D eigenvalue weighted by molar-refractivity contribution is 6.32. The molecule has 3 unspecified atom stereocenters. The van der Waals surface area contributed by atoms with E-state index < -0.39 is 0 Å². The molecule has 0 aromatic heterocycles. The summed E-state index contributed by atoms with van der Waals surface area (Å²) in [6, 6.07) is 4.56. The maximum atomic E-state index is 6.24. The standard InChI is InChI=1S/C15H21ClN2O2/c1-9-2-3-11(4-9)18-13(7-17)10-5-12(16)15-14(6-10)19-8-20-15/h5-6,9,11,13,18H,2-4,7-8,17H2,1H3. The Labute approximate surface area is 124 Å². The van der Waals surface area contributed by atoms with E-state index in [4.69, 9.17) is 26.8 Å². The molecule has 0 bridgehead atoms. The van der Waals surface area contributed by atoms with Crippen molar-refractivity contribution in [2.75, 3.05) is 13.3 Å². The Morgan fingerprint density at radius 3 is 2.95 bits per heavy atom. The summed E-state index contributed by atoms with van der Waals surface area (Å²) in [5.41, 5.74) is 7.01. The van der Waals surface area contributed by atoms with Crippen LogP contribution in [0.3, 0.4) is 0 Å². The summed E-state index contributed by atoms with van der Waals surface area (Å²) < 4.78 is 10.8. The van der Waals surface area contributed by atoms with E-state index in [0.29, 0.717) is 29.1 Å². The van der Waals surface area contributed by atoms with Gasteiger partial charge in [-0.05, 0) is 42.9 Å². The van der Waals surface area contributed by atoms with Gasteiger partial charge in [-0.3, -0.25) is 0 Å². The fourth-order valence-corrected chi connectivity index (χ4v) is 3.41. The molecular formula is C15H21ClN2O2. The molecule has 1 saturated carbocycles. The molecule has 2 aliphatic rings. The highest BCUT2D eigenvalue weighted by Crippen LogP contribution is 2.41. The largest absolute Gasteiger partial charge is 0.454 e. The van der Waals surface area contributed by atoms with Crippen LogP contribution in [0.15, 0.2) is 12.1 Å². The number of ether oxygens (including phenoxy) is 2. The molecule has 0 radical (unpaired) electrons. The Morgan fingerprint density at radius 2 is 2.25 bits per heavy atom. The minimum absolute atomic E-state index is 0.109. The lowest BCUT2D eigenvalue weighted by Gasteiger charge is -2.22. The molecule has 0 saturated heterocycles. The lowest BCUT2D eigenvalue weighted by molar-refractivity contribution is 0.174. The molecule has 3 N–H and O–H groups in total. The second-order valence-electron chi connectivity index (χ2n) is 5.81. The van der Waals surface area contributed by atoms with Gasteiger partial charge in [-0.2, -0.15) is 0 Å². The van der Waals surface area contributed by atoms with Crippen LogP contribution in [0.1, 0.15) is 37.8 Å². The van der Waals surface area contributed by atoms with Crippen LogP contribution in [-0.4, -0.2) is 19.4 Å². The lowest BCUT2D eigenvalue weighted by atomic mass is 10.0. The molecule has 0 spiro atoms. The zero-order chi connectivity index (χ0) is 14.1. The van der Waals surface area contributed by atoms with Crippen molar-refractivity contribution in [3.8, 4) is 11.5 Å². The third-order valence-corrected chi connectivity index (χ3v) is 4.50. The van der Waals surface area contributed by atoms with Gasteiger partial charge in [-0.25, -0.2) is 0 Å². The lowest BCUT2D eigenvalue weighted by Crippen LogP contribution is -2.35. The molecule has 3 atom stereocenters. The van der Waals surface area contributed by atoms with Crippen molar-refractivity contribution in [2.45, 2.75) is 38.3 Å². The zero-order valence-electron chi connectivity index (χ0n) is 11.7. The Kier molecular flexibility index (Phi) is 4.06. The number of rotatable bonds is 4. The summed E-state index contributed by atoms with van der Waals surface area (Å²) in [5, 5.41) is 4.24. The van der Waals surface area contributed by atoms with E-state index in [1.54, 1.807) is 0 Å². The van der Waals surface area contributed by atoms with Gasteiger partial charge in [0.1, 0.15) is 0 Å². The van der Waals surface area contributed by atoms with Crippen molar-refractivity contribution in [3.05, 3.63) is 22.7 Å². The highest BCUT2D eigenvalue weighted by atomic mass is 35.5. The second kappa shape index (κ2) is 5.80. The summed E-state index contributed by atoms with van der Waals surface area (Å²) in [5.74, 6) is 2.15. The molecule has 1 fully saturated rings. The van der Waals surface area contributed by atoms with Crippen molar-refractivity contribution >= 4 is 11.6 Å². The molecule has 1 heterocycles. The van der Waals surface area contributed by atoms with Crippen LogP contribution in [0.2, 0.25) is 5.02 Å². The molecule has 1 aliphatic carbocycles. The SMILES string of the molecule is CC1CCC(NC(CN)c2cc(Cl)c3c(c2)OCO3)C1. The smallest absolute Gasteiger partial charge is 0.231 e. The molecule has 5 heteroatoms. The van der Waals surface area contributed by atoms with E-state index >= 15 is 0 Å². The van der Waals surface area contributed by atoms with E-state index in [0.717, 1.165) is 11.5 Å². The van der Waals surface area contributed by atoms with E-state index in [-0.39, 0.29) is 12.8 Å². The number of fused-ring (bicyclic) bond motifs is 1. The maximum absolute atomic E-state index is 6.24. The average Bonchev–Trinajstić information content (AvgIpc) is 3.04. The van der Waals surface area contributed by atoms with Crippen molar-refractivity contribution in [3.63, 3.8) is 0 Å². The maximum Gasteiger partial charge on any atom is 0.231 e. The number of benzene rings is 1. The van der Waals surface area contributed by atoms with Gasteiger partial charge in [0.15, 0.2) is 11.5 Å². The van der Waals surface area contributed by atoms with E-state index in [9.17, 15) is 0 Å². The molecule has 110 valence electrons. The van der Waals surface area contributed by atoms with Crippen molar-refractivity contribution in [1.29, 1.82) is 0 Å². The van der Waals surface area contributed by atoms with Crippen LogP contribution in [0.25, 0.3) is 0 Å². The summed E-state index contributed by atoms with van der Waals surface area (Å²) in [6.07, 6.45) is 3.72. The Bertz CT molecular complexity index is 495. The molecule has 1 aromatic rings. The van der Waals surface area contributed by atoms with E-state index in [2.05, 4.69) is 12.2 Å². The van der Waals surface area contributed by atoms with Crippen LogP contribution < -0.4 is 20.5 Å². The Balaban J connectivity index is 1.77. The van der Waals surface area contributed by atoms with Gasteiger partial charge in [0.25, 0.3) is 0 Å². The monoisotopic (exact) mass is 296 g/mol. The van der Waals surface area contributed by atoms with Gasteiger partial charge >= 0.3 is 0 Å². The van der Waals surface area contributed by atoms with Crippen molar-refractivity contribution in [2.24, 2.45) is 11.7 Å². The predicted molar refractivity (Wildman–Crippen MR) is 79.3 cm³/mol. The van der Waals surface area contributed by atoms with Crippen LogP contribution in [-0.2, 0) is 0 Å². The fraction of sp³-hybridized carbons (Fsp3) is 0.600. The first kappa shape index (κ1) is 14.0. The minimum Gasteiger partial charge on any atom is -0.454 e. The molecule has 0 amide bonds. The van der Waals surface area contributed by atoms with Crippen LogP contribution in [0, 0.1) is 5.92 Å². The topological polar surface area (TPSA) is 56.5 Å². The van der Waals surface area contributed by atoms with Crippen molar-refractivity contribution < 1.29 is 9.47 Å². The van der Waals surface area contributed by atoms with Crippen molar-refractivity contribution in [1.82, 2.24) is 5.32 Å². The first-order valence-electron chi connectivity index (χ1n) is 7.22. The van der Waals surface area contributed by atoms with Gasteiger partial charge in [0, 0.05) is 18.6 Å². The minimum atomic E-state index is 0.109. The third kappa shape index (κ3) is 2.73. The van der Waals surface area contributed by atoms with Gasteiger partial charge in [0.05, 0.1) is 5.02 Å². The quantitative estimate of drug-likeness (QED) is 0.897. The predicted octanol–water partition coefficient (Wildman–Crippen LogP) is 2.85. The van der Waals surface area contributed by atoms with Gasteiger partial charge < -0.3 is 20.5 Å². The molecule has 3 rings (SSSR count). The van der Waals surface area contributed by atoms with Gasteiger partial charge in [-0.15, -0.1) is 0 Å². The zero-order valence-corrected chi connectivity index (χ0v) is 12.5. The summed E-state index contributed by atoms with van der Waals surface area (Å²) in [7, 11) is 0. The van der Waals surface area contributed by atoms with Crippen LogP contribution in [0.4, 0.5) is 0 Å². The van der Waals surface area contributed by atoms with Crippen LogP contribution in [0.5, 0.6) is 11.5 Å². The first-order valence-corrected chi connectivity index (χ1v) is 7.60. The first-order chi connectivity index (χ1) is 9.67. The molecule has 4 nitrogen and oxygen atoms in total.